The molecule has 2 nitrogen and oxygen atoms in total. The van der Waals surface area contributed by atoms with Crippen LogP contribution in [0.4, 0.5) is 0 Å². The number of carbonyl (C=O) groups excluding carboxylic acids is 1. The van der Waals surface area contributed by atoms with E-state index in [2.05, 4.69) is 13.8 Å². The maximum absolute atomic E-state index is 11.4. The average molecular weight is 180 g/mol. The van der Waals surface area contributed by atoms with Gasteiger partial charge in [-0.3, -0.25) is 4.79 Å². The molecule has 3 fully saturated rings. The summed E-state index contributed by atoms with van der Waals surface area (Å²) in [6.45, 7) is 4.64. The second kappa shape index (κ2) is 2.10. The van der Waals surface area contributed by atoms with Crippen LogP contribution in [-0.4, -0.2) is 12.1 Å². The van der Waals surface area contributed by atoms with Crippen LogP contribution in [0, 0.1) is 23.2 Å². The molecule has 0 aromatic heterocycles. The van der Waals surface area contributed by atoms with E-state index in [1.54, 1.807) is 0 Å². The van der Waals surface area contributed by atoms with Crippen LogP contribution in [0.2, 0.25) is 0 Å². The van der Waals surface area contributed by atoms with Gasteiger partial charge >= 0.3 is 5.97 Å². The van der Waals surface area contributed by atoms with Gasteiger partial charge in [0.1, 0.15) is 6.10 Å². The van der Waals surface area contributed by atoms with Crippen molar-refractivity contribution in [1.29, 1.82) is 0 Å². The highest BCUT2D eigenvalue weighted by atomic mass is 16.6. The minimum atomic E-state index is 0.0907. The molecule has 0 amide bonds. The third-order valence-corrected chi connectivity index (χ3v) is 4.49. The van der Waals surface area contributed by atoms with Crippen molar-refractivity contribution in [3.63, 3.8) is 0 Å². The monoisotopic (exact) mass is 180 g/mol. The normalized spacial score (nSPS) is 50.8. The fraction of sp³-hybridized carbons (Fsp3) is 0.909. The van der Waals surface area contributed by atoms with Gasteiger partial charge in [-0.15, -0.1) is 0 Å². The number of hydrogen-bond donors (Lipinski definition) is 0. The predicted octanol–water partition coefficient (Wildman–Crippen LogP) is 1.98. The number of ether oxygens (including phenoxy) is 1. The Balaban J connectivity index is 1.98. The lowest BCUT2D eigenvalue weighted by Crippen LogP contribution is -2.35. The van der Waals surface area contributed by atoms with Gasteiger partial charge in [0.25, 0.3) is 0 Å². The quantitative estimate of drug-likeness (QED) is 0.533. The minimum absolute atomic E-state index is 0.0907. The van der Waals surface area contributed by atoms with E-state index in [4.69, 9.17) is 4.74 Å². The predicted molar refractivity (Wildman–Crippen MR) is 48.0 cm³/mol. The first-order valence-corrected chi connectivity index (χ1v) is 5.28. The summed E-state index contributed by atoms with van der Waals surface area (Å²) in [5, 5.41) is 0. The Morgan fingerprint density at radius 3 is 2.92 bits per heavy atom. The Bertz CT molecular complexity index is 269. The SMILES string of the molecule is CC1(C)CC2OC(=O)C3CC1CC23. The van der Waals surface area contributed by atoms with Crippen LogP contribution in [0.3, 0.4) is 0 Å². The molecule has 0 spiro atoms. The van der Waals surface area contributed by atoms with Crippen molar-refractivity contribution < 1.29 is 9.53 Å². The molecule has 2 heteroatoms. The van der Waals surface area contributed by atoms with Gasteiger partial charge in [0.05, 0.1) is 5.92 Å². The summed E-state index contributed by atoms with van der Waals surface area (Å²) >= 11 is 0. The largest absolute Gasteiger partial charge is 0.462 e. The first kappa shape index (κ1) is 7.84. The molecular formula is C11H16O2. The molecule has 1 saturated heterocycles. The van der Waals surface area contributed by atoms with E-state index in [1.165, 1.54) is 6.42 Å². The summed E-state index contributed by atoms with van der Waals surface area (Å²) in [6.07, 6.45) is 3.66. The van der Waals surface area contributed by atoms with E-state index in [9.17, 15) is 4.79 Å². The van der Waals surface area contributed by atoms with E-state index in [1.807, 2.05) is 0 Å². The van der Waals surface area contributed by atoms with E-state index in [0.717, 1.165) is 18.8 Å². The molecule has 72 valence electrons. The lowest BCUT2D eigenvalue weighted by molar-refractivity contribution is -0.148. The summed E-state index contributed by atoms with van der Waals surface area (Å²) in [5.74, 6) is 1.70. The van der Waals surface area contributed by atoms with Gasteiger partial charge in [-0.25, -0.2) is 0 Å². The Morgan fingerprint density at radius 1 is 1.38 bits per heavy atom. The summed E-state index contributed by atoms with van der Waals surface area (Å²) in [5.41, 5.74) is 0.399. The first-order valence-electron chi connectivity index (χ1n) is 5.28. The molecule has 0 radical (unpaired) electrons. The molecule has 0 aromatic carbocycles. The van der Waals surface area contributed by atoms with Crippen LogP contribution in [0.5, 0.6) is 0 Å². The third-order valence-electron chi connectivity index (χ3n) is 4.49. The molecule has 0 aromatic rings. The Morgan fingerprint density at radius 2 is 2.15 bits per heavy atom. The van der Waals surface area contributed by atoms with Gasteiger partial charge in [-0.2, -0.15) is 0 Å². The van der Waals surface area contributed by atoms with E-state index in [-0.39, 0.29) is 18.0 Å². The maximum Gasteiger partial charge on any atom is 0.309 e. The third kappa shape index (κ3) is 0.866. The summed E-state index contributed by atoms with van der Waals surface area (Å²) in [4.78, 5) is 11.4. The molecule has 2 aliphatic carbocycles. The minimum Gasteiger partial charge on any atom is -0.462 e. The van der Waals surface area contributed by atoms with Crippen molar-refractivity contribution in [2.75, 3.05) is 0 Å². The number of esters is 1. The van der Waals surface area contributed by atoms with Crippen LogP contribution in [0.25, 0.3) is 0 Å². The summed E-state index contributed by atoms with van der Waals surface area (Å²) < 4.78 is 5.41. The number of rotatable bonds is 0. The first-order chi connectivity index (χ1) is 6.08. The average Bonchev–Trinajstić information content (AvgIpc) is 2.51. The Hall–Kier alpha value is -0.530. The lowest BCUT2D eigenvalue weighted by Gasteiger charge is -2.39. The number of fused-ring (bicyclic) bond motifs is 1. The molecule has 0 N–H and O–H groups in total. The summed E-state index contributed by atoms with van der Waals surface area (Å²) in [6, 6.07) is 0. The van der Waals surface area contributed by atoms with Gasteiger partial charge in [-0.1, -0.05) is 13.8 Å². The van der Waals surface area contributed by atoms with Crippen LogP contribution in [-0.2, 0) is 9.53 Å². The summed E-state index contributed by atoms with van der Waals surface area (Å²) in [7, 11) is 0. The second-order valence-electron chi connectivity index (χ2n) is 5.61. The van der Waals surface area contributed by atoms with Gasteiger partial charge in [0.15, 0.2) is 0 Å². The van der Waals surface area contributed by atoms with Crippen molar-refractivity contribution in [3.8, 4) is 0 Å². The molecule has 1 heterocycles. The highest BCUT2D eigenvalue weighted by molar-refractivity contribution is 5.76. The maximum atomic E-state index is 11.4. The Labute approximate surface area is 78.6 Å². The molecule has 13 heavy (non-hydrogen) atoms. The van der Waals surface area contributed by atoms with Crippen molar-refractivity contribution in [1.82, 2.24) is 0 Å². The number of carbonyl (C=O) groups is 1. The molecule has 2 bridgehead atoms. The zero-order chi connectivity index (χ0) is 9.22. The van der Waals surface area contributed by atoms with Gasteiger partial charge in [0.2, 0.25) is 0 Å². The van der Waals surface area contributed by atoms with Gasteiger partial charge in [-0.05, 0) is 30.6 Å². The highest BCUT2D eigenvalue weighted by Crippen LogP contribution is 2.58. The molecular weight excluding hydrogens is 164 g/mol. The fourth-order valence-corrected chi connectivity index (χ4v) is 3.59. The van der Waals surface area contributed by atoms with Crippen LogP contribution < -0.4 is 0 Å². The second-order valence-corrected chi connectivity index (χ2v) is 5.61. The molecule has 4 atom stereocenters. The topological polar surface area (TPSA) is 26.3 Å². The molecule has 3 aliphatic rings. The molecule has 3 rings (SSSR count). The van der Waals surface area contributed by atoms with Gasteiger partial charge in [0, 0.05) is 5.92 Å². The molecule has 4 unspecified atom stereocenters. The van der Waals surface area contributed by atoms with Crippen LogP contribution >= 0.6 is 0 Å². The fourth-order valence-electron chi connectivity index (χ4n) is 3.59. The highest BCUT2D eigenvalue weighted by Gasteiger charge is 2.58. The standard InChI is InChI=1S/C11H16O2/c1-11(2)5-9-7-3-6(11)4-8(7)10(12)13-9/h6-9H,3-5H2,1-2H3. The van der Waals surface area contributed by atoms with E-state index >= 15 is 0 Å². The smallest absolute Gasteiger partial charge is 0.309 e. The number of hydrogen-bond acceptors (Lipinski definition) is 2. The van der Waals surface area contributed by atoms with Crippen molar-refractivity contribution in [3.05, 3.63) is 0 Å². The zero-order valence-corrected chi connectivity index (χ0v) is 8.25. The Kier molecular flexibility index (Phi) is 1.27. The zero-order valence-electron chi connectivity index (χ0n) is 8.25. The van der Waals surface area contributed by atoms with Gasteiger partial charge < -0.3 is 4.74 Å². The van der Waals surface area contributed by atoms with E-state index in [0.29, 0.717) is 11.3 Å². The molecule has 2 saturated carbocycles. The van der Waals surface area contributed by atoms with Crippen molar-refractivity contribution in [2.45, 2.75) is 39.2 Å². The van der Waals surface area contributed by atoms with Crippen molar-refractivity contribution >= 4 is 5.97 Å². The van der Waals surface area contributed by atoms with Crippen molar-refractivity contribution in [2.24, 2.45) is 23.2 Å². The van der Waals surface area contributed by atoms with E-state index < -0.39 is 0 Å². The molecule has 1 aliphatic heterocycles. The lowest BCUT2D eigenvalue weighted by atomic mass is 9.68. The van der Waals surface area contributed by atoms with Crippen LogP contribution in [0.1, 0.15) is 33.1 Å². The van der Waals surface area contributed by atoms with Crippen LogP contribution in [0.15, 0.2) is 0 Å².